The highest BCUT2D eigenvalue weighted by molar-refractivity contribution is 5.79. The van der Waals surface area contributed by atoms with E-state index in [-0.39, 0.29) is 17.7 Å². The van der Waals surface area contributed by atoms with Crippen LogP contribution < -0.4 is 10.6 Å². The molecule has 1 aliphatic rings. The minimum absolute atomic E-state index is 0.185. The first kappa shape index (κ1) is 17.7. The van der Waals surface area contributed by atoms with Gasteiger partial charge in [0, 0.05) is 25.3 Å². The third-order valence-electron chi connectivity index (χ3n) is 3.94. The lowest BCUT2D eigenvalue weighted by Gasteiger charge is -2.22. The Labute approximate surface area is 137 Å². The Hall–Kier alpha value is -1.66. The largest absolute Gasteiger partial charge is 0.386 e. The quantitative estimate of drug-likeness (QED) is 0.553. The van der Waals surface area contributed by atoms with Gasteiger partial charge in [0.15, 0.2) is 5.96 Å². The van der Waals surface area contributed by atoms with Crippen molar-refractivity contribution in [3.8, 4) is 0 Å². The zero-order valence-corrected chi connectivity index (χ0v) is 13.8. The Kier molecular flexibility index (Phi) is 6.36. The van der Waals surface area contributed by atoms with Gasteiger partial charge in [-0.1, -0.05) is 18.2 Å². The van der Waals surface area contributed by atoms with Gasteiger partial charge in [0.2, 0.25) is 0 Å². The minimum atomic E-state index is -0.932. The molecule has 23 heavy (non-hydrogen) atoms. The summed E-state index contributed by atoms with van der Waals surface area (Å²) in [4.78, 5) is 4.52. The van der Waals surface area contributed by atoms with E-state index in [1.165, 1.54) is 6.07 Å². The van der Waals surface area contributed by atoms with Crippen LogP contribution in [0.5, 0.6) is 0 Å². The molecular formula is C17H26FN3O2. The molecule has 1 saturated heterocycles. The van der Waals surface area contributed by atoms with Crippen LogP contribution in [-0.2, 0) is 4.74 Å². The van der Waals surface area contributed by atoms with Crippen LogP contribution in [0.15, 0.2) is 29.3 Å². The third kappa shape index (κ3) is 5.18. The summed E-state index contributed by atoms with van der Waals surface area (Å²) in [5.41, 5.74) is 0.0638. The van der Waals surface area contributed by atoms with E-state index >= 15 is 0 Å². The maximum Gasteiger partial charge on any atom is 0.191 e. The predicted octanol–water partition coefficient (Wildman–Crippen LogP) is 1.98. The molecule has 1 aliphatic heterocycles. The molecule has 1 aromatic rings. The maximum absolute atomic E-state index is 13.7. The van der Waals surface area contributed by atoms with E-state index in [2.05, 4.69) is 22.5 Å². The molecule has 2 unspecified atom stereocenters. The Morgan fingerprint density at radius 2 is 2.22 bits per heavy atom. The van der Waals surface area contributed by atoms with Gasteiger partial charge in [0.25, 0.3) is 0 Å². The summed E-state index contributed by atoms with van der Waals surface area (Å²) in [6.45, 7) is 6.25. The Bertz CT molecular complexity index is 530. The number of aliphatic imine (C=N–C) groups is 1. The molecule has 128 valence electrons. The molecule has 0 spiro atoms. The van der Waals surface area contributed by atoms with Crippen LogP contribution in [0.3, 0.4) is 0 Å². The number of nitrogens with zero attached hydrogens (tertiary/aromatic N) is 1. The van der Waals surface area contributed by atoms with Gasteiger partial charge >= 0.3 is 0 Å². The molecule has 0 saturated carbocycles. The molecule has 0 radical (unpaired) electrons. The van der Waals surface area contributed by atoms with Crippen LogP contribution >= 0.6 is 0 Å². The van der Waals surface area contributed by atoms with Crippen molar-refractivity contribution < 1.29 is 14.2 Å². The van der Waals surface area contributed by atoms with E-state index in [4.69, 9.17) is 4.74 Å². The summed E-state index contributed by atoms with van der Waals surface area (Å²) < 4.78 is 19.4. The van der Waals surface area contributed by atoms with Crippen LogP contribution in [0.25, 0.3) is 0 Å². The number of guanidine groups is 1. The smallest absolute Gasteiger partial charge is 0.191 e. The van der Waals surface area contributed by atoms with Gasteiger partial charge in [0.05, 0.1) is 18.2 Å². The van der Waals surface area contributed by atoms with Crippen molar-refractivity contribution in [3.05, 3.63) is 35.6 Å². The van der Waals surface area contributed by atoms with Gasteiger partial charge < -0.3 is 20.5 Å². The standard InChI is InChI=1S/C17H26FN3O2/c1-3-19-16(21-12-17(2)9-6-10-23-17)20-11-15(22)13-7-4-5-8-14(13)18/h4-5,7-8,15,22H,3,6,9-12H2,1-2H3,(H2,19,20,21). The molecule has 1 heterocycles. The zero-order valence-electron chi connectivity index (χ0n) is 13.8. The number of halogens is 1. The first-order valence-corrected chi connectivity index (χ1v) is 8.13. The molecule has 0 bridgehead atoms. The molecule has 6 heteroatoms. The number of nitrogens with one attached hydrogen (secondary N) is 2. The summed E-state index contributed by atoms with van der Waals surface area (Å²) in [6, 6.07) is 6.24. The fraction of sp³-hybridized carbons (Fsp3) is 0.588. The fourth-order valence-electron chi connectivity index (χ4n) is 2.60. The molecular weight excluding hydrogens is 297 g/mol. The van der Waals surface area contributed by atoms with Crippen LogP contribution in [-0.4, -0.2) is 42.9 Å². The second-order valence-corrected chi connectivity index (χ2v) is 6.02. The van der Waals surface area contributed by atoms with Crippen molar-refractivity contribution in [2.45, 2.75) is 38.4 Å². The Balaban J connectivity index is 1.92. The molecule has 5 nitrogen and oxygen atoms in total. The lowest BCUT2D eigenvalue weighted by atomic mass is 10.0. The molecule has 0 aromatic heterocycles. The average Bonchev–Trinajstić information content (AvgIpc) is 2.97. The highest BCUT2D eigenvalue weighted by Gasteiger charge is 2.29. The van der Waals surface area contributed by atoms with Crippen molar-refractivity contribution in [1.29, 1.82) is 0 Å². The second-order valence-electron chi connectivity index (χ2n) is 6.02. The topological polar surface area (TPSA) is 65.9 Å². The van der Waals surface area contributed by atoms with Gasteiger partial charge in [0.1, 0.15) is 5.82 Å². The Morgan fingerprint density at radius 3 is 2.87 bits per heavy atom. The van der Waals surface area contributed by atoms with E-state index in [0.29, 0.717) is 19.0 Å². The molecule has 2 rings (SSSR count). The van der Waals surface area contributed by atoms with Crippen LogP contribution in [0.1, 0.15) is 38.4 Å². The molecule has 1 aromatic carbocycles. The summed E-state index contributed by atoms with van der Waals surface area (Å²) in [6.07, 6.45) is 1.12. The van der Waals surface area contributed by atoms with E-state index in [0.717, 1.165) is 19.4 Å². The highest BCUT2D eigenvalue weighted by Crippen LogP contribution is 2.25. The molecule has 0 aliphatic carbocycles. The number of ether oxygens (including phenoxy) is 1. The first-order valence-electron chi connectivity index (χ1n) is 8.13. The monoisotopic (exact) mass is 323 g/mol. The lowest BCUT2D eigenvalue weighted by Crippen LogP contribution is -2.41. The summed E-state index contributed by atoms with van der Waals surface area (Å²) in [7, 11) is 0. The van der Waals surface area contributed by atoms with Crippen LogP contribution in [0, 0.1) is 5.82 Å². The molecule has 3 N–H and O–H groups in total. The van der Waals surface area contributed by atoms with Gasteiger partial charge in [-0.25, -0.2) is 4.39 Å². The third-order valence-corrected chi connectivity index (χ3v) is 3.94. The molecule has 0 amide bonds. The lowest BCUT2D eigenvalue weighted by molar-refractivity contribution is 0.0283. The predicted molar refractivity (Wildman–Crippen MR) is 88.9 cm³/mol. The van der Waals surface area contributed by atoms with E-state index in [1.54, 1.807) is 18.2 Å². The fourth-order valence-corrected chi connectivity index (χ4v) is 2.60. The van der Waals surface area contributed by atoms with Gasteiger partial charge in [-0.2, -0.15) is 0 Å². The number of rotatable bonds is 6. The molecule has 2 atom stereocenters. The SMILES string of the molecule is CCNC(=NCC1(C)CCCO1)NCC(O)c1ccccc1F. The maximum atomic E-state index is 13.7. The van der Waals surface area contributed by atoms with Crippen LogP contribution in [0.2, 0.25) is 0 Å². The van der Waals surface area contributed by atoms with Gasteiger partial charge in [-0.3, -0.25) is 4.99 Å². The first-order chi connectivity index (χ1) is 11.0. The summed E-state index contributed by atoms with van der Waals surface area (Å²) in [5.74, 6) is 0.190. The van der Waals surface area contributed by atoms with Crippen molar-refractivity contribution in [2.75, 3.05) is 26.2 Å². The normalized spacial score (nSPS) is 22.9. The van der Waals surface area contributed by atoms with E-state index in [9.17, 15) is 9.50 Å². The minimum Gasteiger partial charge on any atom is -0.386 e. The molecule has 1 fully saturated rings. The van der Waals surface area contributed by atoms with Crippen LogP contribution in [0.4, 0.5) is 4.39 Å². The van der Waals surface area contributed by atoms with Crippen molar-refractivity contribution in [1.82, 2.24) is 10.6 Å². The Morgan fingerprint density at radius 1 is 1.43 bits per heavy atom. The number of hydrogen-bond acceptors (Lipinski definition) is 3. The van der Waals surface area contributed by atoms with Crippen molar-refractivity contribution >= 4 is 5.96 Å². The highest BCUT2D eigenvalue weighted by atomic mass is 19.1. The average molecular weight is 323 g/mol. The van der Waals surface area contributed by atoms with Crippen molar-refractivity contribution in [2.24, 2.45) is 4.99 Å². The summed E-state index contributed by atoms with van der Waals surface area (Å²) >= 11 is 0. The van der Waals surface area contributed by atoms with Crippen molar-refractivity contribution in [3.63, 3.8) is 0 Å². The number of benzene rings is 1. The second kappa shape index (κ2) is 8.26. The number of aliphatic hydroxyl groups excluding tert-OH is 1. The number of hydrogen-bond donors (Lipinski definition) is 3. The van der Waals surface area contributed by atoms with E-state index < -0.39 is 11.9 Å². The van der Waals surface area contributed by atoms with Gasteiger partial charge in [-0.15, -0.1) is 0 Å². The van der Waals surface area contributed by atoms with E-state index in [1.807, 2.05) is 6.92 Å². The number of aliphatic hydroxyl groups is 1. The van der Waals surface area contributed by atoms with Gasteiger partial charge in [-0.05, 0) is 32.8 Å². The summed E-state index contributed by atoms with van der Waals surface area (Å²) in [5, 5.41) is 16.3. The zero-order chi connectivity index (χ0) is 16.7.